The highest BCUT2D eigenvalue weighted by Gasteiger charge is 2.30. The molecule has 0 amide bonds. The summed E-state index contributed by atoms with van der Waals surface area (Å²) in [4.78, 5) is 11.6. The molecule has 0 aromatic rings. The molecule has 27 heavy (non-hydrogen) atoms. The molecule has 0 aliphatic rings. The molecule has 7 nitrogen and oxygen atoms in total. The second kappa shape index (κ2) is 17.4. The van der Waals surface area contributed by atoms with Crippen LogP contribution in [0.25, 0.3) is 0 Å². The summed E-state index contributed by atoms with van der Waals surface area (Å²) in [5.74, 6) is -0.464. The number of hydrogen-bond donors (Lipinski definition) is 5. The molecule has 0 heterocycles. The fourth-order valence-corrected chi connectivity index (χ4v) is 2.85. The summed E-state index contributed by atoms with van der Waals surface area (Å²) in [6.45, 7) is 1.01. The van der Waals surface area contributed by atoms with Crippen LogP contribution >= 0.6 is 0 Å². The van der Waals surface area contributed by atoms with E-state index >= 15 is 0 Å². The molecule has 7 heteroatoms. The molecule has 0 fully saturated rings. The minimum Gasteiger partial charge on any atom is -0.463 e. The van der Waals surface area contributed by atoms with Gasteiger partial charge in [0.15, 0.2) is 0 Å². The lowest BCUT2D eigenvalue weighted by Crippen LogP contribution is -2.47. The number of hydrogen-bond acceptors (Lipinski definition) is 7. The fraction of sp³-hybridized carbons (Fsp3) is 0.950. The van der Waals surface area contributed by atoms with Crippen LogP contribution in [0.2, 0.25) is 0 Å². The topological polar surface area (TPSA) is 127 Å². The van der Waals surface area contributed by atoms with Gasteiger partial charge in [0.2, 0.25) is 0 Å². The van der Waals surface area contributed by atoms with E-state index in [1.54, 1.807) is 0 Å². The van der Waals surface area contributed by atoms with Gasteiger partial charge in [-0.15, -0.1) is 0 Å². The number of ether oxygens (including phenoxy) is 1. The maximum atomic E-state index is 11.6. The zero-order valence-electron chi connectivity index (χ0n) is 16.8. The number of carbonyl (C=O) groups excluding carboxylic acids is 1. The Labute approximate surface area is 163 Å². The zero-order valence-corrected chi connectivity index (χ0v) is 16.8. The van der Waals surface area contributed by atoms with Crippen molar-refractivity contribution < 1.29 is 35.1 Å². The van der Waals surface area contributed by atoms with Gasteiger partial charge >= 0.3 is 5.97 Å². The van der Waals surface area contributed by atoms with Crippen LogP contribution in [0.5, 0.6) is 0 Å². The summed E-state index contributed by atoms with van der Waals surface area (Å²) in [6.07, 6.45) is 6.79. The summed E-state index contributed by atoms with van der Waals surface area (Å²) < 4.78 is 4.88. The van der Waals surface area contributed by atoms with Crippen LogP contribution in [-0.4, -0.2) is 69.1 Å². The molecule has 0 radical (unpaired) electrons. The number of esters is 1. The molecule has 5 N–H and O–H groups in total. The van der Waals surface area contributed by atoms with Crippen molar-refractivity contribution in [1.29, 1.82) is 0 Å². The molecule has 0 aliphatic heterocycles. The first-order valence-electron chi connectivity index (χ1n) is 10.4. The summed E-state index contributed by atoms with van der Waals surface area (Å²) >= 11 is 0. The number of rotatable bonds is 18. The maximum absolute atomic E-state index is 11.6. The van der Waals surface area contributed by atoms with E-state index in [2.05, 4.69) is 6.92 Å². The van der Waals surface area contributed by atoms with E-state index in [-0.39, 0.29) is 6.42 Å². The van der Waals surface area contributed by atoms with Crippen LogP contribution < -0.4 is 0 Å². The highest BCUT2D eigenvalue weighted by molar-refractivity contribution is 5.69. The van der Waals surface area contributed by atoms with E-state index in [9.17, 15) is 25.2 Å². The molecule has 0 aromatic heterocycles. The lowest BCUT2D eigenvalue weighted by atomic mass is 10.0. The third-order valence-electron chi connectivity index (χ3n) is 4.72. The highest BCUT2D eigenvalue weighted by Crippen LogP contribution is 2.12. The Bertz CT molecular complexity index is 351. The molecule has 0 rings (SSSR count). The molecule has 0 aliphatic carbocycles. The highest BCUT2D eigenvalue weighted by atomic mass is 16.5. The minimum atomic E-state index is -1.71. The molecule has 0 saturated carbocycles. The van der Waals surface area contributed by atoms with Gasteiger partial charge in [-0.25, -0.2) is 0 Å². The van der Waals surface area contributed by atoms with Gasteiger partial charge in [-0.3, -0.25) is 4.79 Å². The van der Waals surface area contributed by atoms with Crippen LogP contribution in [0, 0.1) is 0 Å². The van der Waals surface area contributed by atoms with E-state index in [0.717, 1.165) is 19.3 Å². The monoisotopic (exact) mass is 392 g/mol. The summed E-state index contributed by atoms with van der Waals surface area (Å²) in [7, 11) is 0. The van der Waals surface area contributed by atoms with Crippen molar-refractivity contribution in [2.24, 2.45) is 0 Å². The molecular formula is C20H40O7. The number of carbonyl (C=O) groups is 1. The lowest BCUT2D eigenvalue weighted by Gasteiger charge is -2.25. The largest absolute Gasteiger partial charge is 0.463 e. The molecule has 162 valence electrons. The SMILES string of the molecule is CCCCCCCCCCCCCC(=O)OC[C@H](O)[C@H](O)[C@@H](O)[C@@H](O)CO. The number of aliphatic hydroxyl groups is 5. The van der Waals surface area contributed by atoms with Crippen LogP contribution in [0.4, 0.5) is 0 Å². The Morgan fingerprint density at radius 2 is 1.19 bits per heavy atom. The third-order valence-corrected chi connectivity index (χ3v) is 4.72. The second-order valence-corrected chi connectivity index (χ2v) is 7.27. The van der Waals surface area contributed by atoms with Crippen LogP contribution in [0.3, 0.4) is 0 Å². The smallest absolute Gasteiger partial charge is 0.305 e. The predicted octanol–water partition coefficient (Wildman–Crippen LogP) is 1.67. The van der Waals surface area contributed by atoms with Gasteiger partial charge in [0.05, 0.1) is 6.61 Å². The van der Waals surface area contributed by atoms with Gasteiger partial charge in [0, 0.05) is 6.42 Å². The van der Waals surface area contributed by atoms with Gasteiger partial charge in [-0.2, -0.15) is 0 Å². The maximum Gasteiger partial charge on any atom is 0.305 e. The van der Waals surface area contributed by atoms with Gasteiger partial charge in [-0.1, -0.05) is 71.1 Å². The Morgan fingerprint density at radius 3 is 1.67 bits per heavy atom. The summed E-state index contributed by atoms with van der Waals surface area (Å²) in [5, 5.41) is 46.7. The Hall–Kier alpha value is -0.730. The van der Waals surface area contributed by atoms with E-state index in [1.807, 2.05) is 0 Å². The number of aliphatic hydroxyl groups excluding tert-OH is 5. The average Bonchev–Trinajstić information content (AvgIpc) is 2.68. The van der Waals surface area contributed by atoms with Crippen molar-refractivity contribution in [3.8, 4) is 0 Å². The Kier molecular flexibility index (Phi) is 16.9. The predicted molar refractivity (Wildman–Crippen MR) is 103 cm³/mol. The lowest BCUT2D eigenvalue weighted by molar-refractivity contribution is -0.156. The average molecular weight is 393 g/mol. The molecular weight excluding hydrogens is 352 g/mol. The van der Waals surface area contributed by atoms with Gasteiger partial charge < -0.3 is 30.3 Å². The first kappa shape index (κ1) is 26.3. The van der Waals surface area contributed by atoms with Crippen LogP contribution in [-0.2, 0) is 9.53 Å². The first-order valence-corrected chi connectivity index (χ1v) is 10.4. The summed E-state index contributed by atoms with van der Waals surface area (Å²) in [6, 6.07) is 0. The zero-order chi connectivity index (χ0) is 20.5. The van der Waals surface area contributed by atoms with Crippen molar-refractivity contribution in [2.75, 3.05) is 13.2 Å². The van der Waals surface area contributed by atoms with Crippen molar-refractivity contribution >= 4 is 5.97 Å². The molecule has 0 unspecified atom stereocenters. The van der Waals surface area contributed by atoms with Gasteiger partial charge in [0.1, 0.15) is 31.0 Å². The van der Waals surface area contributed by atoms with E-state index in [0.29, 0.717) is 0 Å². The van der Waals surface area contributed by atoms with Gasteiger partial charge in [-0.05, 0) is 6.42 Å². The van der Waals surface area contributed by atoms with Crippen molar-refractivity contribution in [1.82, 2.24) is 0 Å². The number of unbranched alkanes of at least 4 members (excludes halogenated alkanes) is 10. The Morgan fingerprint density at radius 1 is 0.741 bits per heavy atom. The van der Waals surface area contributed by atoms with E-state index < -0.39 is 43.6 Å². The quantitative estimate of drug-likeness (QED) is 0.177. The molecule has 0 spiro atoms. The molecule has 0 aromatic carbocycles. The van der Waals surface area contributed by atoms with E-state index in [1.165, 1.54) is 51.4 Å². The normalized spacial score (nSPS) is 15.9. The van der Waals surface area contributed by atoms with Crippen molar-refractivity contribution in [2.45, 2.75) is 108 Å². The molecule has 4 atom stereocenters. The summed E-state index contributed by atoms with van der Waals surface area (Å²) in [5.41, 5.74) is 0. The minimum absolute atomic E-state index is 0.252. The van der Waals surface area contributed by atoms with E-state index in [4.69, 9.17) is 9.84 Å². The standard InChI is InChI=1S/C20H40O7/c1-2-3-4-5-6-7-8-9-10-11-12-13-18(24)27-15-17(23)20(26)19(25)16(22)14-21/h16-17,19-23,25-26H,2-15H2,1H3/t16-,17-,19-,20-/m0/s1. The first-order chi connectivity index (χ1) is 12.9. The van der Waals surface area contributed by atoms with Gasteiger partial charge in [0.25, 0.3) is 0 Å². The second-order valence-electron chi connectivity index (χ2n) is 7.27. The Balaban J connectivity index is 3.58. The molecule has 0 saturated heterocycles. The third kappa shape index (κ3) is 14.0. The molecule has 0 bridgehead atoms. The van der Waals surface area contributed by atoms with Crippen LogP contribution in [0.1, 0.15) is 84.0 Å². The van der Waals surface area contributed by atoms with Crippen molar-refractivity contribution in [3.05, 3.63) is 0 Å². The van der Waals surface area contributed by atoms with Crippen LogP contribution in [0.15, 0.2) is 0 Å². The fourth-order valence-electron chi connectivity index (χ4n) is 2.85. The van der Waals surface area contributed by atoms with Crippen molar-refractivity contribution in [3.63, 3.8) is 0 Å².